The molecule has 1 N–H and O–H groups in total. The summed E-state index contributed by atoms with van der Waals surface area (Å²) >= 11 is 1.64. The predicted octanol–water partition coefficient (Wildman–Crippen LogP) is 4.27. The summed E-state index contributed by atoms with van der Waals surface area (Å²) in [6.07, 6.45) is 1.70. The van der Waals surface area contributed by atoms with Gasteiger partial charge in [0.25, 0.3) is 5.91 Å². The minimum absolute atomic E-state index is 0.0505. The Morgan fingerprint density at radius 3 is 2.64 bits per heavy atom. The van der Waals surface area contributed by atoms with Gasteiger partial charge in [-0.2, -0.15) is 0 Å². The van der Waals surface area contributed by atoms with Crippen LogP contribution in [-0.4, -0.2) is 10.9 Å². The Morgan fingerprint density at radius 1 is 1.12 bits per heavy atom. The van der Waals surface area contributed by atoms with E-state index in [0.717, 1.165) is 26.4 Å². The van der Waals surface area contributed by atoms with Crippen molar-refractivity contribution >= 4 is 17.2 Å². The van der Waals surface area contributed by atoms with E-state index < -0.39 is 0 Å². The summed E-state index contributed by atoms with van der Waals surface area (Å²) in [6, 6.07) is 15.6. The zero-order chi connectivity index (χ0) is 17.6. The van der Waals surface area contributed by atoms with Crippen molar-refractivity contribution in [1.82, 2.24) is 10.3 Å². The lowest BCUT2D eigenvalue weighted by Gasteiger charge is -2.08. The molecule has 0 fully saturated rings. The maximum atomic E-state index is 12.3. The fourth-order valence-electron chi connectivity index (χ4n) is 2.50. The lowest BCUT2D eigenvalue weighted by Crippen LogP contribution is -2.23. The van der Waals surface area contributed by atoms with Gasteiger partial charge in [-0.05, 0) is 37.1 Å². The molecule has 128 valence electrons. The van der Waals surface area contributed by atoms with E-state index in [1.165, 1.54) is 0 Å². The van der Waals surface area contributed by atoms with Gasteiger partial charge in [0.15, 0.2) is 0 Å². The Balaban J connectivity index is 1.58. The quantitative estimate of drug-likeness (QED) is 0.721. The summed E-state index contributed by atoms with van der Waals surface area (Å²) in [7, 11) is 0. The van der Waals surface area contributed by atoms with Gasteiger partial charge in [0.05, 0.1) is 5.56 Å². The third-order valence-electron chi connectivity index (χ3n) is 3.77. The normalized spacial score (nSPS) is 10.5. The largest absolute Gasteiger partial charge is 0.473 e. The zero-order valence-corrected chi connectivity index (χ0v) is 15.1. The maximum absolute atomic E-state index is 12.3. The van der Waals surface area contributed by atoms with E-state index in [0.29, 0.717) is 19.0 Å². The van der Waals surface area contributed by atoms with Crippen LogP contribution in [0.1, 0.15) is 31.2 Å². The van der Waals surface area contributed by atoms with E-state index in [4.69, 9.17) is 4.74 Å². The van der Waals surface area contributed by atoms with E-state index in [2.05, 4.69) is 10.3 Å². The molecular weight excluding hydrogens is 332 g/mol. The monoisotopic (exact) mass is 352 g/mol. The number of carbonyl (C=O) groups excluding carboxylic acids is 1. The van der Waals surface area contributed by atoms with E-state index in [-0.39, 0.29) is 5.91 Å². The molecule has 2 heterocycles. The van der Waals surface area contributed by atoms with Gasteiger partial charge < -0.3 is 10.1 Å². The molecule has 5 heteroatoms. The minimum Gasteiger partial charge on any atom is -0.473 e. The van der Waals surface area contributed by atoms with Crippen molar-refractivity contribution in [2.75, 3.05) is 0 Å². The molecule has 0 unspecified atom stereocenters. The van der Waals surface area contributed by atoms with Crippen LogP contribution in [-0.2, 0) is 13.2 Å². The molecule has 0 saturated heterocycles. The van der Waals surface area contributed by atoms with Crippen LogP contribution < -0.4 is 10.1 Å². The van der Waals surface area contributed by atoms with E-state index in [9.17, 15) is 4.79 Å². The molecule has 3 rings (SSSR count). The number of thiophene rings is 1. The Labute approximate surface area is 151 Å². The lowest BCUT2D eigenvalue weighted by atomic mass is 10.2. The van der Waals surface area contributed by atoms with Crippen LogP contribution in [0.4, 0.5) is 0 Å². The van der Waals surface area contributed by atoms with Gasteiger partial charge >= 0.3 is 0 Å². The fraction of sp³-hybridized carbons (Fsp3) is 0.200. The average Bonchev–Trinajstić information content (AvgIpc) is 2.97. The van der Waals surface area contributed by atoms with Crippen molar-refractivity contribution < 1.29 is 9.53 Å². The summed E-state index contributed by atoms with van der Waals surface area (Å²) < 4.78 is 5.72. The smallest absolute Gasteiger partial charge is 0.252 e. The predicted molar refractivity (Wildman–Crippen MR) is 100.0 cm³/mol. The molecule has 0 aliphatic heterocycles. The molecule has 2 aromatic heterocycles. The van der Waals surface area contributed by atoms with Crippen molar-refractivity contribution in [1.29, 1.82) is 0 Å². The van der Waals surface area contributed by atoms with Gasteiger partial charge in [-0.25, -0.2) is 4.98 Å². The van der Waals surface area contributed by atoms with Crippen LogP contribution >= 0.6 is 11.3 Å². The van der Waals surface area contributed by atoms with Crippen molar-refractivity contribution in [2.24, 2.45) is 0 Å². The molecule has 0 bridgehead atoms. The number of hydrogen-bond acceptors (Lipinski definition) is 4. The first kappa shape index (κ1) is 17.2. The summed E-state index contributed by atoms with van der Waals surface area (Å²) in [5.41, 5.74) is 2.79. The number of aryl methyl sites for hydroxylation is 2. The molecule has 1 aromatic carbocycles. The van der Waals surface area contributed by atoms with Gasteiger partial charge in [-0.3, -0.25) is 4.79 Å². The SMILES string of the molecule is Cc1cc(C(=O)NCc2ccnc(OCc3ccccc3)c2)c(C)s1. The summed E-state index contributed by atoms with van der Waals surface area (Å²) in [5.74, 6) is 0.503. The molecule has 0 atom stereocenters. The van der Waals surface area contributed by atoms with Crippen LogP contribution in [0.25, 0.3) is 0 Å². The van der Waals surface area contributed by atoms with Crippen molar-refractivity contribution in [2.45, 2.75) is 27.0 Å². The second kappa shape index (κ2) is 7.94. The highest BCUT2D eigenvalue weighted by atomic mass is 32.1. The van der Waals surface area contributed by atoms with Crippen LogP contribution in [0.3, 0.4) is 0 Å². The van der Waals surface area contributed by atoms with E-state index >= 15 is 0 Å². The first-order chi connectivity index (χ1) is 12.1. The molecule has 25 heavy (non-hydrogen) atoms. The Kier molecular flexibility index (Phi) is 5.46. The second-order valence-electron chi connectivity index (χ2n) is 5.79. The third-order valence-corrected chi connectivity index (χ3v) is 4.73. The Morgan fingerprint density at radius 2 is 1.92 bits per heavy atom. The van der Waals surface area contributed by atoms with Crippen LogP contribution in [0.2, 0.25) is 0 Å². The topological polar surface area (TPSA) is 51.2 Å². The highest BCUT2D eigenvalue weighted by molar-refractivity contribution is 7.12. The van der Waals surface area contributed by atoms with Gasteiger partial charge in [-0.1, -0.05) is 30.3 Å². The number of nitrogens with one attached hydrogen (secondary N) is 1. The lowest BCUT2D eigenvalue weighted by molar-refractivity contribution is 0.0950. The summed E-state index contributed by atoms with van der Waals surface area (Å²) in [5, 5.41) is 2.95. The Bertz CT molecular complexity index is 859. The van der Waals surface area contributed by atoms with Gasteiger partial charge in [0.1, 0.15) is 6.61 Å². The van der Waals surface area contributed by atoms with Crippen LogP contribution in [0.15, 0.2) is 54.7 Å². The molecule has 3 aromatic rings. The number of amides is 1. The molecule has 0 spiro atoms. The summed E-state index contributed by atoms with van der Waals surface area (Å²) in [6.45, 7) is 4.89. The first-order valence-electron chi connectivity index (χ1n) is 8.09. The number of hydrogen-bond donors (Lipinski definition) is 1. The van der Waals surface area contributed by atoms with Crippen molar-refractivity contribution in [3.05, 3.63) is 81.2 Å². The number of ether oxygens (including phenoxy) is 1. The van der Waals surface area contributed by atoms with Crippen LogP contribution in [0, 0.1) is 13.8 Å². The van der Waals surface area contributed by atoms with Crippen molar-refractivity contribution in [3.63, 3.8) is 0 Å². The highest BCUT2D eigenvalue weighted by Crippen LogP contribution is 2.20. The van der Waals surface area contributed by atoms with E-state index in [1.54, 1.807) is 17.5 Å². The summed E-state index contributed by atoms with van der Waals surface area (Å²) in [4.78, 5) is 18.7. The number of rotatable bonds is 6. The van der Waals surface area contributed by atoms with Crippen LogP contribution in [0.5, 0.6) is 5.88 Å². The Hall–Kier alpha value is -2.66. The van der Waals surface area contributed by atoms with E-state index in [1.807, 2.05) is 62.4 Å². The van der Waals surface area contributed by atoms with Crippen molar-refractivity contribution in [3.8, 4) is 5.88 Å². The molecule has 0 aliphatic carbocycles. The molecule has 4 nitrogen and oxygen atoms in total. The molecule has 0 aliphatic rings. The highest BCUT2D eigenvalue weighted by Gasteiger charge is 2.11. The minimum atomic E-state index is -0.0505. The second-order valence-corrected chi connectivity index (χ2v) is 7.25. The number of aromatic nitrogens is 1. The number of benzene rings is 1. The van der Waals surface area contributed by atoms with Gasteiger partial charge in [-0.15, -0.1) is 11.3 Å². The number of carbonyl (C=O) groups is 1. The molecule has 1 amide bonds. The first-order valence-corrected chi connectivity index (χ1v) is 8.90. The molecule has 0 saturated carbocycles. The standard InChI is InChI=1S/C20H20N2O2S/c1-14-10-18(15(2)25-14)20(23)22-12-17-8-9-21-19(11-17)24-13-16-6-4-3-5-7-16/h3-11H,12-13H2,1-2H3,(H,22,23). The number of pyridine rings is 1. The van der Waals surface area contributed by atoms with Gasteiger partial charge in [0.2, 0.25) is 5.88 Å². The average molecular weight is 352 g/mol. The molecule has 0 radical (unpaired) electrons. The third kappa shape index (κ3) is 4.67. The zero-order valence-electron chi connectivity index (χ0n) is 14.3. The number of nitrogens with zero attached hydrogens (tertiary/aromatic N) is 1. The maximum Gasteiger partial charge on any atom is 0.252 e. The fourth-order valence-corrected chi connectivity index (χ4v) is 3.43. The molecular formula is C20H20N2O2S. The van der Waals surface area contributed by atoms with Gasteiger partial charge in [0, 0.05) is 28.6 Å².